The van der Waals surface area contributed by atoms with Gasteiger partial charge in [-0.05, 0) is 81.2 Å². The summed E-state index contributed by atoms with van der Waals surface area (Å²) in [5.41, 5.74) is 2.30. The number of carbonyl (C=O) groups is 1. The summed E-state index contributed by atoms with van der Waals surface area (Å²) >= 11 is 6.23. The smallest absolute Gasteiger partial charge is 0.252 e. The molecule has 7 heteroatoms. The molecule has 0 spiro atoms. The lowest BCUT2D eigenvalue weighted by molar-refractivity contribution is 0.0767. The van der Waals surface area contributed by atoms with Crippen molar-refractivity contribution < 1.29 is 13.9 Å². The molecule has 32 heavy (non-hydrogen) atoms. The van der Waals surface area contributed by atoms with E-state index in [-0.39, 0.29) is 16.9 Å². The number of pyridine rings is 1. The molecule has 1 saturated carbocycles. The Morgan fingerprint density at radius 3 is 2.78 bits per heavy atom. The molecule has 2 heterocycles. The van der Waals surface area contributed by atoms with Crippen LogP contribution in [-0.4, -0.2) is 42.0 Å². The molecule has 1 unspecified atom stereocenters. The van der Waals surface area contributed by atoms with Crippen molar-refractivity contribution in [2.75, 3.05) is 20.2 Å². The molecule has 2 fully saturated rings. The van der Waals surface area contributed by atoms with Crippen LogP contribution in [0.25, 0.3) is 10.9 Å². The molecular formula is C25H25ClFN3O2. The largest absolute Gasteiger partial charge is 0.492 e. The van der Waals surface area contributed by atoms with Crippen molar-refractivity contribution in [2.45, 2.75) is 37.8 Å². The summed E-state index contributed by atoms with van der Waals surface area (Å²) in [7, 11) is 2.09. The van der Waals surface area contributed by atoms with Crippen molar-refractivity contribution in [3.8, 4) is 5.75 Å². The standard InChI is InChI=1S/C25H25ClFN3O2/c1-15-3-5-18(32-14-17-7-10-30(17)2)12-20(15)24(31)29-25(8-9-25)21-13-23(26)28-22-11-16(27)4-6-19(21)22/h3-6,11-13,17H,7-10,14H2,1-2H3,(H,29,31). The minimum absolute atomic E-state index is 0.158. The molecule has 2 aromatic carbocycles. The summed E-state index contributed by atoms with van der Waals surface area (Å²) in [5.74, 6) is 0.167. The normalized spacial score (nSPS) is 19.4. The second kappa shape index (κ2) is 8.01. The van der Waals surface area contributed by atoms with E-state index in [1.165, 1.54) is 12.1 Å². The van der Waals surface area contributed by atoms with Gasteiger partial charge in [0.2, 0.25) is 0 Å². The molecule has 1 atom stereocenters. The molecule has 0 bridgehead atoms. The van der Waals surface area contributed by atoms with Gasteiger partial charge in [0.25, 0.3) is 5.91 Å². The number of aromatic nitrogens is 1. The van der Waals surface area contributed by atoms with Crippen LogP contribution < -0.4 is 10.1 Å². The van der Waals surface area contributed by atoms with Gasteiger partial charge in [-0.3, -0.25) is 9.69 Å². The van der Waals surface area contributed by atoms with Crippen LogP contribution in [0.1, 0.15) is 40.7 Å². The maximum absolute atomic E-state index is 13.7. The van der Waals surface area contributed by atoms with Gasteiger partial charge in [0.1, 0.15) is 23.3 Å². The number of hydrogen-bond donors (Lipinski definition) is 1. The van der Waals surface area contributed by atoms with E-state index in [1.54, 1.807) is 12.1 Å². The molecule has 2 aliphatic rings. The van der Waals surface area contributed by atoms with Crippen molar-refractivity contribution in [3.05, 3.63) is 70.1 Å². The molecule has 1 aromatic heterocycles. The Hall–Kier alpha value is -2.70. The van der Waals surface area contributed by atoms with Crippen molar-refractivity contribution in [2.24, 2.45) is 0 Å². The zero-order valence-corrected chi connectivity index (χ0v) is 18.9. The number of nitrogens with one attached hydrogen (secondary N) is 1. The van der Waals surface area contributed by atoms with Crippen LogP contribution in [0.3, 0.4) is 0 Å². The van der Waals surface area contributed by atoms with Gasteiger partial charge >= 0.3 is 0 Å². The second-order valence-electron chi connectivity index (χ2n) is 8.90. The Bertz CT molecular complexity index is 1210. The van der Waals surface area contributed by atoms with E-state index in [2.05, 4.69) is 22.2 Å². The van der Waals surface area contributed by atoms with Gasteiger partial charge in [-0.25, -0.2) is 9.37 Å². The third kappa shape index (κ3) is 3.93. The van der Waals surface area contributed by atoms with Crippen LogP contribution in [0, 0.1) is 12.7 Å². The topological polar surface area (TPSA) is 54.5 Å². The Morgan fingerprint density at radius 1 is 1.28 bits per heavy atom. The van der Waals surface area contributed by atoms with Gasteiger partial charge in [0, 0.05) is 23.1 Å². The maximum atomic E-state index is 13.7. The average Bonchev–Trinajstić information content (AvgIpc) is 3.53. The molecule has 1 saturated heterocycles. The number of carbonyl (C=O) groups excluding carboxylic acids is 1. The highest BCUT2D eigenvalue weighted by molar-refractivity contribution is 6.30. The Labute approximate surface area is 191 Å². The predicted octanol–water partition coefficient (Wildman–Crippen LogP) is 4.84. The van der Waals surface area contributed by atoms with E-state index in [0.29, 0.717) is 29.5 Å². The van der Waals surface area contributed by atoms with Gasteiger partial charge in [0.15, 0.2) is 0 Å². The van der Waals surface area contributed by atoms with E-state index in [9.17, 15) is 9.18 Å². The highest BCUT2D eigenvalue weighted by Crippen LogP contribution is 2.48. The molecule has 1 aliphatic heterocycles. The lowest BCUT2D eigenvalue weighted by atomic mass is 9.99. The lowest BCUT2D eigenvalue weighted by Gasteiger charge is -2.37. The van der Waals surface area contributed by atoms with Crippen molar-refractivity contribution >= 4 is 28.4 Å². The van der Waals surface area contributed by atoms with E-state index >= 15 is 0 Å². The fraction of sp³-hybridized carbons (Fsp3) is 0.360. The minimum Gasteiger partial charge on any atom is -0.492 e. The number of benzene rings is 2. The summed E-state index contributed by atoms with van der Waals surface area (Å²) < 4.78 is 19.7. The number of amides is 1. The van der Waals surface area contributed by atoms with Crippen molar-refractivity contribution in [1.82, 2.24) is 15.2 Å². The fourth-order valence-electron chi connectivity index (χ4n) is 4.34. The molecule has 166 valence electrons. The first-order valence-electron chi connectivity index (χ1n) is 10.9. The number of likely N-dealkylation sites (N-methyl/N-ethyl adjacent to an activating group) is 1. The van der Waals surface area contributed by atoms with E-state index < -0.39 is 5.54 Å². The molecule has 5 nitrogen and oxygen atoms in total. The van der Waals surface area contributed by atoms with Crippen LogP contribution in [0.2, 0.25) is 5.15 Å². The Morgan fingerprint density at radius 2 is 2.09 bits per heavy atom. The third-order valence-corrected chi connectivity index (χ3v) is 6.89. The number of rotatable bonds is 6. The van der Waals surface area contributed by atoms with Crippen LogP contribution >= 0.6 is 11.6 Å². The van der Waals surface area contributed by atoms with E-state index in [1.807, 2.05) is 25.1 Å². The molecule has 1 amide bonds. The van der Waals surface area contributed by atoms with Crippen LogP contribution in [-0.2, 0) is 5.54 Å². The summed E-state index contributed by atoms with van der Waals surface area (Å²) in [6, 6.07) is 12.3. The van der Waals surface area contributed by atoms with Gasteiger partial charge in [0.05, 0.1) is 11.1 Å². The monoisotopic (exact) mass is 453 g/mol. The van der Waals surface area contributed by atoms with Crippen LogP contribution in [0.5, 0.6) is 5.75 Å². The quantitative estimate of drug-likeness (QED) is 0.543. The number of fused-ring (bicyclic) bond motifs is 1. The summed E-state index contributed by atoms with van der Waals surface area (Å²) in [6.45, 7) is 3.63. The van der Waals surface area contributed by atoms with Crippen LogP contribution in [0.4, 0.5) is 4.39 Å². The minimum atomic E-state index is -0.530. The summed E-state index contributed by atoms with van der Waals surface area (Å²) in [6.07, 6.45) is 2.70. The molecule has 1 N–H and O–H groups in total. The van der Waals surface area contributed by atoms with Crippen LogP contribution in [0.15, 0.2) is 42.5 Å². The Kier molecular flexibility index (Phi) is 5.30. The summed E-state index contributed by atoms with van der Waals surface area (Å²) in [5, 5.41) is 4.30. The SMILES string of the molecule is Cc1ccc(OCC2CCN2C)cc1C(=O)NC1(c2cc(Cl)nc3cc(F)ccc23)CC1. The van der Waals surface area contributed by atoms with Gasteiger partial charge < -0.3 is 10.1 Å². The lowest BCUT2D eigenvalue weighted by Crippen LogP contribution is -2.48. The first-order chi connectivity index (χ1) is 15.3. The molecule has 5 rings (SSSR count). The molecule has 1 aliphatic carbocycles. The van der Waals surface area contributed by atoms with Crippen molar-refractivity contribution in [3.63, 3.8) is 0 Å². The number of halogens is 2. The van der Waals surface area contributed by atoms with Gasteiger partial charge in [-0.1, -0.05) is 17.7 Å². The number of hydrogen-bond acceptors (Lipinski definition) is 4. The predicted molar refractivity (Wildman–Crippen MR) is 123 cm³/mol. The fourth-order valence-corrected chi connectivity index (χ4v) is 4.55. The highest BCUT2D eigenvalue weighted by Gasteiger charge is 2.47. The van der Waals surface area contributed by atoms with Crippen molar-refractivity contribution in [1.29, 1.82) is 0 Å². The van der Waals surface area contributed by atoms with Gasteiger partial charge in [-0.2, -0.15) is 0 Å². The highest BCUT2D eigenvalue weighted by atomic mass is 35.5. The first-order valence-corrected chi connectivity index (χ1v) is 11.2. The van der Waals surface area contributed by atoms with E-state index in [4.69, 9.17) is 16.3 Å². The van der Waals surface area contributed by atoms with Gasteiger partial charge in [-0.15, -0.1) is 0 Å². The first kappa shape index (κ1) is 21.2. The zero-order chi connectivity index (χ0) is 22.5. The number of aryl methyl sites for hydroxylation is 1. The van der Waals surface area contributed by atoms with E-state index in [0.717, 1.165) is 42.3 Å². The molecular weight excluding hydrogens is 429 g/mol. The second-order valence-corrected chi connectivity index (χ2v) is 9.29. The maximum Gasteiger partial charge on any atom is 0.252 e. The zero-order valence-electron chi connectivity index (χ0n) is 18.1. The molecule has 0 radical (unpaired) electrons. The molecule has 3 aromatic rings. The summed E-state index contributed by atoms with van der Waals surface area (Å²) in [4.78, 5) is 19.8. The average molecular weight is 454 g/mol. The number of ether oxygens (including phenoxy) is 1. The number of nitrogens with zero attached hydrogens (tertiary/aromatic N) is 2. The number of likely N-dealkylation sites (tertiary alicyclic amines) is 1. The third-order valence-electron chi connectivity index (χ3n) is 6.69. The Balaban J connectivity index is 1.39.